The molecule has 0 saturated carbocycles. The molecule has 0 atom stereocenters. The summed E-state index contributed by atoms with van der Waals surface area (Å²) < 4.78 is 49.0. The average Bonchev–Trinajstić information content (AvgIpc) is 3.34. The Kier molecular flexibility index (Phi) is 6.28. The van der Waals surface area contributed by atoms with Gasteiger partial charge in [0.25, 0.3) is 15.9 Å². The molecule has 9 nitrogen and oxygen atoms in total. The van der Waals surface area contributed by atoms with Gasteiger partial charge >= 0.3 is 0 Å². The average molecular weight is 482 g/mol. The zero-order chi connectivity index (χ0) is 24.3. The maximum absolute atomic E-state index is 14.5. The van der Waals surface area contributed by atoms with Gasteiger partial charge in [-0.3, -0.25) is 9.52 Å². The molecule has 0 saturated heterocycles. The lowest BCUT2D eigenvalue weighted by atomic mass is 10.1. The SMILES string of the molecule is COc1ccc(NS(=O)(=O)c2ccc(C)c(C(=O)Nc3ccc(-n4cncn4)c(F)c3)c2)cc1. The fraction of sp³-hybridized carbons (Fsp3) is 0.0870. The number of aromatic nitrogens is 3. The van der Waals surface area contributed by atoms with Gasteiger partial charge in [0, 0.05) is 16.9 Å². The number of sulfonamides is 1. The molecule has 174 valence electrons. The quantitative estimate of drug-likeness (QED) is 0.415. The van der Waals surface area contributed by atoms with Crippen molar-refractivity contribution in [3.63, 3.8) is 0 Å². The van der Waals surface area contributed by atoms with Crippen molar-refractivity contribution in [2.45, 2.75) is 11.8 Å². The number of carbonyl (C=O) groups is 1. The Morgan fingerprint density at radius 2 is 1.76 bits per heavy atom. The summed E-state index contributed by atoms with van der Waals surface area (Å²) in [5.74, 6) is -0.602. The first kappa shape index (κ1) is 22.9. The van der Waals surface area contributed by atoms with E-state index in [0.717, 1.165) is 6.07 Å². The number of aryl methyl sites for hydroxylation is 1. The van der Waals surface area contributed by atoms with Crippen LogP contribution >= 0.6 is 0 Å². The van der Waals surface area contributed by atoms with Crippen LogP contribution in [0.1, 0.15) is 15.9 Å². The lowest BCUT2D eigenvalue weighted by molar-refractivity contribution is 0.102. The van der Waals surface area contributed by atoms with Gasteiger partial charge in [-0.15, -0.1) is 0 Å². The van der Waals surface area contributed by atoms with Gasteiger partial charge in [-0.25, -0.2) is 22.5 Å². The van der Waals surface area contributed by atoms with Crippen LogP contribution in [0.3, 0.4) is 0 Å². The third-order valence-corrected chi connectivity index (χ3v) is 6.36. The van der Waals surface area contributed by atoms with Gasteiger partial charge in [0.15, 0.2) is 5.82 Å². The highest BCUT2D eigenvalue weighted by Crippen LogP contribution is 2.23. The fourth-order valence-electron chi connectivity index (χ4n) is 3.19. The maximum atomic E-state index is 14.5. The van der Waals surface area contributed by atoms with Crippen LogP contribution in [0.5, 0.6) is 5.75 Å². The monoisotopic (exact) mass is 481 g/mol. The summed E-state index contributed by atoms with van der Waals surface area (Å²) in [4.78, 5) is 16.6. The van der Waals surface area contributed by atoms with E-state index in [0.29, 0.717) is 17.0 Å². The molecule has 2 N–H and O–H groups in total. The number of nitrogens with one attached hydrogen (secondary N) is 2. The first-order chi connectivity index (χ1) is 16.3. The summed E-state index contributed by atoms with van der Waals surface area (Å²) in [7, 11) is -2.45. The molecule has 0 aliphatic carbocycles. The molecular weight excluding hydrogens is 461 g/mol. The lowest BCUT2D eigenvalue weighted by Crippen LogP contribution is -2.17. The Morgan fingerprint density at radius 3 is 2.41 bits per heavy atom. The number of anilines is 2. The molecule has 3 aromatic carbocycles. The number of amides is 1. The highest BCUT2D eigenvalue weighted by Gasteiger charge is 2.19. The summed E-state index contributed by atoms with van der Waals surface area (Å²) in [6.45, 7) is 1.68. The van der Waals surface area contributed by atoms with Crippen molar-refractivity contribution in [1.29, 1.82) is 0 Å². The first-order valence-electron chi connectivity index (χ1n) is 10.0. The zero-order valence-electron chi connectivity index (χ0n) is 18.2. The van der Waals surface area contributed by atoms with Crippen LogP contribution in [-0.4, -0.2) is 36.2 Å². The van der Waals surface area contributed by atoms with Crippen LogP contribution in [0.4, 0.5) is 15.8 Å². The molecule has 1 aromatic heterocycles. The topological polar surface area (TPSA) is 115 Å². The Bertz CT molecular complexity index is 1440. The van der Waals surface area contributed by atoms with Gasteiger partial charge in [-0.2, -0.15) is 5.10 Å². The molecule has 0 unspecified atom stereocenters. The van der Waals surface area contributed by atoms with Gasteiger partial charge in [-0.1, -0.05) is 6.07 Å². The van der Waals surface area contributed by atoms with Gasteiger partial charge in [0.2, 0.25) is 0 Å². The molecule has 4 aromatic rings. The van der Waals surface area contributed by atoms with Crippen molar-refractivity contribution in [3.8, 4) is 11.4 Å². The van der Waals surface area contributed by atoms with Crippen LogP contribution in [0, 0.1) is 12.7 Å². The molecule has 0 aliphatic heterocycles. The van der Waals surface area contributed by atoms with Crippen LogP contribution in [0.2, 0.25) is 0 Å². The van der Waals surface area contributed by atoms with Crippen molar-refractivity contribution in [1.82, 2.24) is 14.8 Å². The van der Waals surface area contributed by atoms with Crippen LogP contribution in [-0.2, 0) is 10.0 Å². The smallest absolute Gasteiger partial charge is 0.261 e. The van der Waals surface area contributed by atoms with E-state index in [9.17, 15) is 17.6 Å². The molecule has 1 amide bonds. The molecular formula is C23H20FN5O4S. The summed E-state index contributed by atoms with van der Waals surface area (Å²) in [5, 5.41) is 6.48. The highest BCUT2D eigenvalue weighted by atomic mass is 32.2. The Hall–Kier alpha value is -4.25. The van der Waals surface area contributed by atoms with E-state index >= 15 is 0 Å². The van der Waals surface area contributed by atoms with Gasteiger partial charge in [0.1, 0.15) is 24.1 Å². The van der Waals surface area contributed by atoms with E-state index in [-0.39, 0.29) is 21.8 Å². The van der Waals surface area contributed by atoms with E-state index in [1.807, 2.05) is 0 Å². The summed E-state index contributed by atoms with van der Waals surface area (Å²) in [6, 6.07) is 14.7. The number of hydrogen-bond acceptors (Lipinski definition) is 6. The highest BCUT2D eigenvalue weighted by molar-refractivity contribution is 7.92. The zero-order valence-corrected chi connectivity index (χ0v) is 19.0. The minimum absolute atomic E-state index is 0.0909. The molecule has 0 radical (unpaired) electrons. The second kappa shape index (κ2) is 9.32. The molecule has 4 rings (SSSR count). The van der Waals surface area contributed by atoms with Crippen LogP contribution in [0.15, 0.2) is 78.2 Å². The van der Waals surface area contributed by atoms with Gasteiger partial charge in [-0.05, 0) is 67.1 Å². The molecule has 11 heteroatoms. The first-order valence-corrected chi connectivity index (χ1v) is 11.5. The third-order valence-electron chi connectivity index (χ3n) is 4.98. The third kappa shape index (κ3) is 4.89. The normalized spacial score (nSPS) is 11.1. The minimum atomic E-state index is -3.96. The molecule has 1 heterocycles. The molecule has 0 bridgehead atoms. The number of rotatable bonds is 7. The van der Waals surface area contributed by atoms with E-state index in [4.69, 9.17) is 4.74 Å². The Balaban J connectivity index is 1.55. The Morgan fingerprint density at radius 1 is 1.03 bits per heavy atom. The summed E-state index contributed by atoms with van der Waals surface area (Å²) in [5.41, 5.74) is 1.41. The van der Waals surface area contributed by atoms with Crippen LogP contribution < -0.4 is 14.8 Å². The number of methoxy groups -OCH3 is 1. The second-order valence-corrected chi connectivity index (χ2v) is 8.95. The van der Waals surface area contributed by atoms with Crippen molar-refractivity contribution in [2.75, 3.05) is 17.1 Å². The Labute approximate surface area is 195 Å². The number of benzene rings is 3. The molecule has 0 aliphatic rings. The van der Waals surface area contributed by atoms with Gasteiger partial charge < -0.3 is 10.1 Å². The molecule has 0 spiro atoms. The van der Waals surface area contributed by atoms with E-state index < -0.39 is 21.7 Å². The van der Waals surface area contributed by atoms with E-state index in [1.165, 1.54) is 54.8 Å². The van der Waals surface area contributed by atoms with Crippen LogP contribution in [0.25, 0.3) is 5.69 Å². The number of hydrogen-bond donors (Lipinski definition) is 2. The maximum Gasteiger partial charge on any atom is 0.261 e. The number of carbonyl (C=O) groups excluding carboxylic acids is 1. The van der Waals surface area contributed by atoms with Crippen molar-refractivity contribution >= 4 is 27.3 Å². The summed E-state index contributed by atoms with van der Waals surface area (Å²) >= 11 is 0. The van der Waals surface area contributed by atoms with Crippen molar-refractivity contribution in [3.05, 3.63) is 90.3 Å². The number of nitrogens with zero attached hydrogens (tertiary/aromatic N) is 3. The van der Waals surface area contributed by atoms with Crippen molar-refractivity contribution < 1.29 is 22.3 Å². The number of halogens is 1. The standard InChI is InChI=1S/C23H20FN5O4S/c1-15-3-9-19(34(31,32)28-16-4-7-18(33-2)8-5-16)12-20(15)23(30)27-17-6-10-22(21(24)11-17)29-14-25-13-26-29/h3-14,28H,1-2H3,(H,27,30). The van der Waals surface area contributed by atoms with E-state index in [2.05, 4.69) is 20.1 Å². The second-order valence-electron chi connectivity index (χ2n) is 7.27. The fourth-order valence-corrected chi connectivity index (χ4v) is 4.27. The largest absolute Gasteiger partial charge is 0.497 e. The van der Waals surface area contributed by atoms with Crippen molar-refractivity contribution in [2.24, 2.45) is 0 Å². The predicted octanol–water partition coefficient (Wildman–Crippen LogP) is 3.78. The summed E-state index contributed by atoms with van der Waals surface area (Å²) in [6.07, 6.45) is 2.63. The van der Waals surface area contributed by atoms with E-state index in [1.54, 1.807) is 31.2 Å². The lowest BCUT2D eigenvalue weighted by Gasteiger charge is -2.12. The predicted molar refractivity (Wildman–Crippen MR) is 124 cm³/mol. The number of ether oxygens (including phenoxy) is 1. The minimum Gasteiger partial charge on any atom is -0.497 e. The van der Waals surface area contributed by atoms with Gasteiger partial charge in [0.05, 0.1) is 12.0 Å². The molecule has 0 fully saturated rings. The molecule has 34 heavy (non-hydrogen) atoms.